The van der Waals surface area contributed by atoms with Gasteiger partial charge in [0.05, 0.1) is 0 Å². The molecule has 98 valence electrons. The van der Waals surface area contributed by atoms with Gasteiger partial charge in [-0.15, -0.1) is 0 Å². The van der Waals surface area contributed by atoms with Crippen LogP contribution in [0.4, 0.5) is 0 Å². The van der Waals surface area contributed by atoms with Crippen LogP contribution in [0.3, 0.4) is 0 Å². The molecule has 0 heterocycles. The van der Waals surface area contributed by atoms with E-state index in [4.69, 9.17) is 0 Å². The molecule has 0 aliphatic rings. The zero-order valence-electron chi connectivity index (χ0n) is 11.5. The first-order valence-corrected chi connectivity index (χ1v) is 8.08. The first-order valence-electron chi connectivity index (χ1n) is 6.37. The number of hydrogen-bond acceptors (Lipinski definition) is 1. The molecule has 0 aliphatic heterocycles. The molecule has 0 spiro atoms. The Hall–Kier alpha value is -0.851. The first kappa shape index (κ1) is 15.2. The van der Waals surface area contributed by atoms with Crippen LogP contribution in [0.1, 0.15) is 40.0 Å². The molecule has 0 fully saturated rings. The van der Waals surface area contributed by atoms with E-state index in [-0.39, 0.29) is 4.31 Å². The number of carbonyl (C=O) groups excluding carboxylic acids is 1. The first-order chi connectivity index (χ1) is 8.56. The molecule has 0 bridgehead atoms. The Morgan fingerprint density at radius 1 is 1.28 bits per heavy atom. The van der Waals surface area contributed by atoms with Gasteiger partial charge in [0.25, 0.3) is 0 Å². The second-order valence-electron chi connectivity index (χ2n) is 5.06. The van der Waals surface area contributed by atoms with Crippen LogP contribution >= 0.6 is 0 Å². The average Bonchev–Trinajstić information content (AvgIpc) is 2.29. The molecule has 1 rings (SSSR count). The van der Waals surface area contributed by atoms with Gasteiger partial charge in [-0.1, -0.05) is 0 Å². The minimum absolute atomic E-state index is 0.141. The van der Waals surface area contributed by atoms with Gasteiger partial charge >= 0.3 is 117 Å². The van der Waals surface area contributed by atoms with Crippen molar-refractivity contribution in [1.82, 2.24) is 0 Å². The van der Waals surface area contributed by atoms with Crippen molar-refractivity contribution in [3.05, 3.63) is 42.0 Å². The summed E-state index contributed by atoms with van der Waals surface area (Å²) in [5, 5.41) is 0. The summed E-state index contributed by atoms with van der Waals surface area (Å²) in [7, 11) is 0. The third kappa shape index (κ3) is 5.66. The number of hydrogen-bond donors (Lipinski definition) is 0. The van der Waals surface area contributed by atoms with E-state index in [9.17, 15) is 4.79 Å². The molecular weight excluding hydrogens is 287 g/mol. The van der Waals surface area contributed by atoms with Crippen LogP contribution in [-0.2, 0) is 4.79 Å². The molecule has 0 aromatic heterocycles. The predicted molar refractivity (Wildman–Crippen MR) is 79.5 cm³/mol. The van der Waals surface area contributed by atoms with Gasteiger partial charge in [0.15, 0.2) is 0 Å². The van der Waals surface area contributed by atoms with Crippen molar-refractivity contribution in [2.45, 2.75) is 44.3 Å². The van der Waals surface area contributed by atoms with Gasteiger partial charge in [0.1, 0.15) is 0 Å². The van der Waals surface area contributed by atoms with Crippen molar-refractivity contribution in [1.29, 1.82) is 0 Å². The van der Waals surface area contributed by atoms with Crippen LogP contribution in [0.25, 0.3) is 0 Å². The molecule has 1 aromatic carbocycles. The minimum atomic E-state index is 0.141. The van der Waals surface area contributed by atoms with Gasteiger partial charge in [-0.3, -0.25) is 0 Å². The van der Waals surface area contributed by atoms with Crippen LogP contribution in [0.15, 0.2) is 42.0 Å². The number of allylic oxidation sites excluding steroid dienone is 2. The number of rotatable bonds is 7. The van der Waals surface area contributed by atoms with Crippen LogP contribution in [-0.4, -0.2) is 21.2 Å². The van der Waals surface area contributed by atoms with E-state index in [0.717, 1.165) is 19.1 Å². The monoisotopic (exact) mass is 310 g/mol. The molecule has 1 nitrogen and oxygen atoms in total. The van der Waals surface area contributed by atoms with Gasteiger partial charge in [0.2, 0.25) is 0 Å². The van der Waals surface area contributed by atoms with Gasteiger partial charge in [-0.2, -0.15) is 0 Å². The predicted octanol–water partition coefficient (Wildman–Crippen LogP) is 3.53. The molecule has 1 unspecified atom stereocenters. The summed E-state index contributed by atoms with van der Waals surface area (Å²) in [5.74, 6) is 0. The fraction of sp³-hybridized carbons (Fsp3) is 0.438. The van der Waals surface area contributed by atoms with E-state index in [1.165, 1.54) is 10.0 Å². The van der Waals surface area contributed by atoms with E-state index < -0.39 is 0 Å². The molecule has 1 atom stereocenters. The topological polar surface area (TPSA) is 17.1 Å². The summed E-state index contributed by atoms with van der Waals surface area (Å²) in [6, 6.07) is 10.5. The van der Waals surface area contributed by atoms with Crippen LogP contribution in [0.5, 0.6) is 0 Å². The van der Waals surface area contributed by atoms with E-state index in [0.29, 0.717) is 21.4 Å². The van der Waals surface area contributed by atoms with Crippen LogP contribution < -0.4 is 4.46 Å². The normalized spacial score (nSPS) is 13.7. The fourth-order valence-electron chi connectivity index (χ4n) is 1.81. The third-order valence-electron chi connectivity index (χ3n) is 2.85. The molecule has 0 aliphatic carbocycles. The zero-order chi connectivity index (χ0) is 13.4. The summed E-state index contributed by atoms with van der Waals surface area (Å²) < 4.78 is 1.52. The average molecular weight is 309 g/mol. The summed E-state index contributed by atoms with van der Waals surface area (Å²) in [4.78, 5) is 10.9. The molecular formula is C16H22OSe. The fourth-order valence-corrected chi connectivity index (χ4v) is 4.40. The summed E-state index contributed by atoms with van der Waals surface area (Å²) in [6.45, 7) is 6.49. The van der Waals surface area contributed by atoms with E-state index >= 15 is 0 Å². The van der Waals surface area contributed by atoms with E-state index in [2.05, 4.69) is 51.1 Å². The SMILES string of the molecule is CC(C)=CCCC(C)(CC=O)[Se]c1ccccc1. The molecule has 1 aromatic rings. The zero-order valence-corrected chi connectivity index (χ0v) is 13.2. The standard InChI is InChI=1S/C16H22OSe/c1-14(2)8-7-11-16(3,12-13-17)18-15-9-5-4-6-10-15/h4-6,8-10,13H,7,11-12H2,1-3H3. The van der Waals surface area contributed by atoms with Crippen molar-refractivity contribution >= 4 is 25.7 Å². The Morgan fingerprint density at radius 2 is 1.94 bits per heavy atom. The maximum absolute atomic E-state index is 10.9. The molecule has 0 amide bonds. The Kier molecular flexibility index (Phi) is 6.38. The Labute approximate surface area is 117 Å². The van der Waals surface area contributed by atoms with E-state index in [1.54, 1.807) is 0 Å². The quantitative estimate of drug-likeness (QED) is 0.428. The third-order valence-corrected chi connectivity index (χ3v) is 5.73. The Bertz CT molecular complexity index is 393. The van der Waals surface area contributed by atoms with Crippen LogP contribution in [0.2, 0.25) is 4.31 Å². The van der Waals surface area contributed by atoms with Crippen molar-refractivity contribution < 1.29 is 4.79 Å². The van der Waals surface area contributed by atoms with Crippen molar-refractivity contribution in [3.8, 4) is 0 Å². The summed E-state index contributed by atoms with van der Waals surface area (Å²) in [6.07, 6.45) is 6.17. The maximum atomic E-state index is 10.9. The van der Waals surface area contributed by atoms with Crippen molar-refractivity contribution in [3.63, 3.8) is 0 Å². The van der Waals surface area contributed by atoms with Gasteiger partial charge in [0, 0.05) is 0 Å². The molecule has 0 radical (unpaired) electrons. The van der Waals surface area contributed by atoms with E-state index in [1.807, 2.05) is 6.07 Å². The van der Waals surface area contributed by atoms with Gasteiger partial charge in [-0.05, 0) is 0 Å². The summed E-state index contributed by atoms with van der Waals surface area (Å²) >= 11 is 0.352. The number of benzene rings is 1. The second kappa shape index (κ2) is 7.55. The molecule has 18 heavy (non-hydrogen) atoms. The number of aldehydes is 1. The van der Waals surface area contributed by atoms with Crippen molar-refractivity contribution in [2.24, 2.45) is 0 Å². The van der Waals surface area contributed by atoms with Gasteiger partial charge < -0.3 is 0 Å². The second-order valence-corrected chi connectivity index (χ2v) is 8.54. The van der Waals surface area contributed by atoms with Crippen LogP contribution in [0, 0.1) is 0 Å². The molecule has 2 heteroatoms. The molecule has 0 N–H and O–H groups in total. The molecule has 0 saturated heterocycles. The number of carbonyl (C=O) groups is 1. The Morgan fingerprint density at radius 3 is 2.50 bits per heavy atom. The Balaban J connectivity index is 2.67. The van der Waals surface area contributed by atoms with Gasteiger partial charge in [-0.25, -0.2) is 0 Å². The molecule has 0 saturated carbocycles. The van der Waals surface area contributed by atoms with Crippen molar-refractivity contribution in [2.75, 3.05) is 0 Å². The summed E-state index contributed by atoms with van der Waals surface area (Å²) in [5.41, 5.74) is 1.36.